The average molecular weight is 509 g/mol. The molecule has 0 rings (SSSR count). The van der Waals surface area contributed by atoms with Gasteiger partial charge in [0, 0.05) is 0 Å². The summed E-state index contributed by atoms with van der Waals surface area (Å²) in [5, 5.41) is 126. The summed E-state index contributed by atoms with van der Waals surface area (Å²) in [6.45, 7) is -1.79. The quantitative estimate of drug-likeness (QED) is 0.109. The summed E-state index contributed by atoms with van der Waals surface area (Å²) in [4.78, 5) is 20.2. The molecule has 16 nitrogen and oxygen atoms in total. The van der Waals surface area contributed by atoms with Crippen LogP contribution >= 0.6 is 0 Å². The fraction of sp³-hybridized carbons (Fsp3) is 0.857. The molecular formula is C14H26NiO16. The Morgan fingerprint density at radius 1 is 0.516 bits per heavy atom. The smallest absolute Gasteiger partial charge is 0.547 e. The molecule has 188 valence electrons. The van der Waals surface area contributed by atoms with Gasteiger partial charge < -0.3 is 81.1 Å². The van der Waals surface area contributed by atoms with Gasteiger partial charge in [-0.25, -0.2) is 0 Å². The molecule has 0 aliphatic rings. The largest absolute Gasteiger partial charge is 2.00 e. The van der Waals surface area contributed by atoms with Crippen molar-refractivity contribution in [2.45, 2.75) is 61.0 Å². The Bertz CT molecular complexity index is 465. The number of aliphatic carboxylic acids is 2. The first-order valence-corrected chi connectivity index (χ1v) is 8.09. The maximum absolute atomic E-state index is 10.1. The number of hydrogen-bond acceptors (Lipinski definition) is 16. The van der Waals surface area contributed by atoms with Gasteiger partial charge in [0.15, 0.2) is 0 Å². The molecule has 0 aromatic carbocycles. The number of carbonyl (C=O) groups is 2. The van der Waals surface area contributed by atoms with Crippen molar-refractivity contribution >= 4 is 11.9 Å². The van der Waals surface area contributed by atoms with Crippen molar-refractivity contribution in [1.82, 2.24) is 0 Å². The van der Waals surface area contributed by atoms with Crippen LogP contribution in [0.2, 0.25) is 0 Å². The first kappa shape index (κ1) is 34.6. The molecule has 0 aromatic rings. The van der Waals surface area contributed by atoms with E-state index in [0.29, 0.717) is 0 Å². The zero-order chi connectivity index (χ0) is 24.3. The summed E-state index contributed by atoms with van der Waals surface area (Å²) >= 11 is 0. The van der Waals surface area contributed by atoms with E-state index in [9.17, 15) is 19.8 Å². The number of aliphatic hydroxyl groups is 12. The van der Waals surface area contributed by atoms with Gasteiger partial charge in [-0.05, 0) is 0 Å². The molecule has 12 N–H and O–H groups in total. The molecule has 0 saturated heterocycles. The van der Waals surface area contributed by atoms with Crippen LogP contribution in [0.1, 0.15) is 0 Å². The molecule has 0 aliphatic heterocycles. The third-order valence-corrected chi connectivity index (χ3v) is 3.69. The predicted molar refractivity (Wildman–Crippen MR) is 84.3 cm³/mol. The van der Waals surface area contributed by atoms with Gasteiger partial charge in [-0.1, -0.05) is 0 Å². The second-order valence-electron chi connectivity index (χ2n) is 5.97. The molecule has 0 fully saturated rings. The third-order valence-electron chi connectivity index (χ3n) is 3.69. The third kappa shape index (κ3) is 11.4. The second-order valence-corrected chi connectivity index (χ2v) is 5.97. The molecular weight excluding hydrogens is 483 g/mol. The Labute approximate surface area is 184 Å². The monoisotopic (exact) mass is 508 g/mol. The van der Waals surface area contributed by atoms with Gasteiger partial charge in [-0.15, -0.1) is 0 Å². The molecule has 0 radical (unpaired) electrons. The predicted octanol–water partition coefficient (Wildman–Crippen LogP) is -10.9. The Hall–Kier alpha value is -1.05. The number of hydrogen-bond donors (Lipinski definition) is 12. The minimum Gasteiger partial charge on any atom is -0.547 e. The molecule has 0 aliphatic carbocycles. The maximum Gasteiger partial charge on any atom is 2.00 e. The van der Waals surface area contributed by atoms with E-state index >= 15 is 0 Å². The van der Waals surface area contributed by atoms with E-state index < -0.39 is 86.2 Å². The van der Waals surface area contributed by atoms with Gasteiger partial charge in [0.1, 0.15) is 61.0 Å². The molecule has 10 atom stereocenters. The summed E-state index contributed by atoms with van der Waals surface area (Å²) in [5.41, 5.74) is 0. The van der Waals surface area contributed by atoms with Gasteiger partial charge in [-0.3, -0.25) is 0 Å². The minimum absolute atomic E-state index is 0. The standard InChI is InChI=1S/2C7H14O8.Ni/c2*8-1-2(9)3(10)4(11)5(12)6(13)7(14)15;/h2*2-6,8-13H,1H2,(H,14,15);/q;;+2/p-2/t2*2-,3+,4-,5-,6-;/m11./s1. The van der Waals surface area contributed by atoms with E-state index in [1.165, 1.54) is 0 Å². The SMILES string of the molecule is O=C([O-])[C@H](O)[C@H](O)[C@H](O)[C@@H](O)[C@H](O)CO.O=C([O-])[C@H](O)[C@H](O)[C@H](O)[C@@H](O)[C@H](O)CO.[Ni+2]. The summed E-state index contributed by atoms with van der Waals surface area (Å²) in [7, 11) is 0. The van der Waals surface area contributed by atoms with Crippen LogP contribution in [0.5, 0.6) is 0 Å². The summed E-state index contributed by atoms with van der Waals surface area (Å²) in [6.07, 6.45) is -21.0. The molecule has 0 spiro atoms. The van der Waals surface area contributed by atoms with E-state index in [0.717, 1.165) is 0 Å². The van der Waals surface area contributed by atoms with Crippen LogP contribution in [0.4, 0.5) is 0 Å². The minimum atomic E-state index is -2.40. The molecule has 31 heavy (non-hydrogen) atoms. The number of carboxylic acid groups (broad SMARTS) is 2. The van der Waals surface area contributed by atoms with Crippen LogP contribution in [0, 0.1) is 0 Å². The zero-order valence-corrected chi connectivity index (χ0v) is 16.5. The molecule has 0 bridgehead atoms. The fourth-order valence-electron chi connectivity index (χ4n) is 1.73. The van der Waals surface area contributed by atoms with E-state index in [4.69, 9.17) is 61.3 Å². The first-order valence-electron chi connectivity index (χ1n) is 8.09. The fourth-order valence-corrected chi connectivity index (χ4v) is 1.73. The van der Waals surface area contributed by atoms with Crippen molar-refractivity contribution in [3.63, 3.8) is 0 Å². The summed E-state index contributed by atoms with van der Waals surface area (Å²) in [5.74, 6) is -4.07. The van der Waals surface area contributed by atoms with Crippen molar-refractivity contribution in [1.29, 1.82) is 0 Å². The van der Waals surface area contributed by atoms with Gasteiger partial charge in [0.05, 0.1) is 25.2 Å². The van der Waals surface area contributed by atoms with Crippen molar-refractivity contribution in [2.24, 2.45) is 0 Å². The Morgan fingerprint density at radius 3 is 0.903 bits per heavy atom. The van der Waals surface area contributed by atoms with Crippen LogP contribution in [-0.2, 0) is 26.1 Å². The summed E-state index contributed by atoms with van der Waals surface area (Å²) in [6, 6.07) is 0. The van der Waals surface area contributed by atoms with Crippen molar-refractivity contribution in [3.8, 4) is 0 Å². The van der Waals surface area contributed by atoms with Gasteiger partial charge >= 0.3 is 16.5 Å². The maximum atomic E-state index is 10.1. The van der Waals surface area contributed by atoms with Gasteiger partial charge in [-0.2, -0.15) is 0 Å². The van der Waals surface area contributed by atoms with Gasteiger partial charge in [0.25, 0.3) is 0 Å². The first-order chi connectivity index (χ1) is 13.6. The van der Waals surface area contributed by atoms with Crippen molar-refractivity contribution in [3.05, 3.63) is 0 Å². The number of carboxylic acids is 2. The van der Waals surface area contributed by atoms with E-state index in [1.54, 1.807) is 0 Å². The Balaban J connectivity index is -0.000000490. The van der Waals surface area contributed by atoms with Crippen molar-refractivity contribution in [2.75, 3.05) is 13.2 Å². The zero-order valence-electron chi connectivity index (χ0n) is 15.5. The van der Waals surface area contributed by atoms with Crippen LogP contribution in [0.3, 0.4) is 0 Å². The topological polar surface area (TPSA) is 323 Å². The van der Waals surface area contributed by atoms with Crippen molar-refractivity contribution < 1.29 is 97.6 Å². The molecule has 0 saturated carbocycles. The molecule has 17 heteroatoms. The van der Waals surface area contributed by atoms with Crippen LogP contribution in [0.15, 0.2) is 0 Å². The second kappa shape index (κ2) is 16.6. The summed E-state index contributed by atoms with van der Waals surface area (Å²) < 4.78 is 0. The van der Waals surface area contributed by atoms with E-state index in [1.807, 2.05) is 0 Å². The van der Waals surface area contributed by atoms with E-state index in [-0.39, 0.29) is 16.5 Å². The van der Waals surface area contributed by atoms with E-state index in [2.05, 4.69) is 0 Å². The number of aliphatic hydroxyl groups excluding tert-OH is 12. The molecule has 0 unspecified atom stereocenters. The van der Waals surface area contributed by atoms with Crippen LogP contribution in [0.25, 0.3) is 0 Å². The number of rotatable bonds is 12. The normalized spacial score (nSPS) is 20.8. The van der Waals surface area contributed by atoms with Crippen LogP contribution in [-0.4, -0.2) is 147 Å². The Morgan fingerprint density at radius 2 is 0.742 bits per heavy atom. The number of carbonyl (C=O) groups excluding carboxylic acids is 2. The van der Waals surface area contributed by atoms with Crippen LogP contribution < -0.4 is 10.2 Å². The molecule has 0 aromatic heterocycles. The average Bonchev–Trinajstić information content (AvgIpc) is 2.73. The molecule has 0 heterocycles. The molecule has 0 amide bonds. The van der Waals surface area contributed by atoms with Gasteiger partial charge in [0.2, 0.25) is 0 Å². The Kier molecular flexibility index (Phi) is 18.5.